The van der Waals surface area contributed by atoms with Crippen molar-refractivity contribution in [3.05, 3.63) is 76.2 Å². The highest BCUT2D eigenvalue weighted by Gasteiger charge is 2.19. The van der Waals surface area contributed by atoms with Crippen molar-refractivity contribution in [3.8, 4) is 16.9 Å². The van der Waals surface area contributed by atoms with Gasteiger partial charge in [0.2, 0.25) is 6.41 Å². The van der Waals surface area contributed by atoms with Crippen LogP contribution in [0.5, 0.6) is 5.75 Å². The molecule has 9 heteroatoms. The van der Waals surface area contributed by atoms with Gasteiger partial charge >= 0.3 is 0 Å². The van der Waals surface area contributed by atoms with E-state index in [2.05, 4.69) is 76.2 Å². The minimum atomic E-state index is -0.279. The first-order valence-electron chi connectivity index (χ1n) is 16.8. The minimum Gasteiger partial charge on any atom is -0.493 e. The first kappa shape index (κ1) is 38.8. The summed E-state index contributed by atoms with van der Waals surface area (Å²) in [6.07, 6.45) is 5.73. The summed E-state index contributed by atoms with van der Waals surface area (Å²) in [4.78, 5) is 29.0. The molecule has 4 aromatic rings. The molecule has 0 bridgehead atoms. The zero-order chi connectivity index (χ0) is 34.9. The number of ether oxygens (including phenoxy) is 1. The molecule has 4 rings (SSSR count). The van der Waals surface area contributed by atoms with Crippen LogP contribution in [0.1, 0.15) is 97.1 Å². The Kier molecular flexibility index (Phi) is 16.5. The fourth-order valence-electron chi connectivity index (χ4n) is 5.20. The number of hydrogen-bond donors (Lipinski definition) is 4. The Morgan fingerprint density at radius 2 is 1.64 bits per heavy atom. The van der Waals surface area contributed by atoms with Crippen molar-refractivity contribution >= 4 is 34.5 Å². The summed E-state index contributed by atoms with van der Waals surface area (Å²) in [5.74, 6) is 1.61. The summed E-state index contributed by atoms with van der Waals surface area (Å²) in [6.45, 7) is 16.1. The molecule has 0 radical (unpaired) electrons. The summed E-state index contributed by atoms with van der Waals surface area (Å²) in [6, 6.07) is 15.2. The van der Waals surface area contributed by atoms with Gasteiger partial charge in [-0.1, -0.05) is 73.4 Å². The lowest BCUT2D eigenvalue weighted by atomic mass is 9.92. The quantitative estimate of drug-likeness (QED) is 0.0655. The summed E-state index contributed by atoms with van der Waals surface area (Å²) < 4.78 is 7.30. The van der Waals surface area contributed by atoms with Crippen LogP contribution < -0.4 is 26.7 Å². The highest BCUT2D eigenvalue weighted by Crippen LogP contribution is 2.35. The number of amides is 1. The third-order valence-corrected chi connectivity index (χ3v) is 7.37. The van der Waals surface area contributed by atoms with Gasteiger partial charge in [0.15, 0.2) is 0 Å². The Morgan fingerprint density at radius 1 is 0.979 bits per heavy atom. The Bertz CT molecular complexity index is 1580. The molecule has 2 aromatic heterocycles. The number of aliphatic hydroxyl groups is 1. The highest BCUT2D eigenvalue weighted by atomic mass is 16.5. The highest BCUT2D eigenvalue weighted by molar-refractivity contribution is 6.01. The molecule has 5 N–H and O–H groups in total. The van der Waals surface area contributed by atoms with Crippen LogP contribution in [0.2, 0.25) is 0 Å². The number of aliphatic hydroxyl groups excluding tert-OH is 1. The molecule has 0 aliphatic carbocycles. The molecule has 2 aromatic carbocycles. The SMILES string of the molecule is CCC.CCCCn1c(=O)c(NC=O)c(-c2cccc(OCCCO)c2)c2cccnc21.CNc1c(C(C)C)cc(N)cc1C(C)C. The zero-order valence-electron chi connectivity index (χ0n) is 29.5. The van der Waals surface area contributed by atoms with E-state index in [0.29, 0.717) is 54.8 Å². The van der Waals surface area contributed by atoms with Crippen LogP contribution in [0, 0.1) is 0 Å². The lowest BCUT2D eigenvalue weighted by Gasteiger charge is -2.20. The van der Waals surface area contributed by atoms with E-state index in [4.69, 9.17) is 15.6 Å². The van der Waals surface area contributed by atoms with Crippen LogP contribution in [0.25, 0.3) is 22.2 Å². The van der Waals surface area contributed by atoms with E-state index in [1.807, 2.05) is 43.4 Å². The molecule has 1 amide bonds. The van der Waals surface area contributed by atoms with Gasteiger partial charge in [0.05, 0.1) is 6.61 Å². The maximum atomic E-state index is 13.2. The van der Waals surface area contributed by atoms with E-state index in [1.54, 1.807) is 10.8 Å². The van der Waals surface area contributed by atoms with E-state index in [1.165, 1.54) is 23.2 Å². The number of nitrogens with two attached hydrogens (primary N) is 1. The predicted octanol–water partition coefficient (Wildman–Crippen LogP) is 8.17. The maximum Gasteiger partial charge on any atom is 0.276 e. The van der Waals surface area contributed by atoms with Crippen molar-refractivity contribution < 1.29 is 14.6 Å². The number of nitrogen functional groups attached to an aromatic ring is 1. The molecule has 0 atom stereocenters. The van der Waals surface area contributed by atoms with Gasteiger partial charge in [0.25, 0.3) is 5.56 Å². The molecule has 0 unspecified atom stereocenters. The number of carbonyl (C=O) groups is 1. The van der Waals surface area contributed by atoms with Crippen molar-refractivity contribution in [2.75, 3.05) is 36.6 Å². The van der Waals surface area contributed by atoms with Gasteiger partial charge in [-0.3, -0.25) is 14.2 Å². The summed E-state index contributed by atoms with van der Waals surface area (Å²) in [7, 11) is 1.98. The van der Waals surface area contributed by atoms with E-state index >= 15 is 0 Å². The average molecular weight is 646 g/mol. The summed E-state index contributed by atoms with van der Waals surface area (Å²) in [5, 5.41) is 15.6. The topological polar surface area (TPSA) is 132 Å². The number of carbonyl (C=O) groups excluding carboxylic acids is 1. The molecule has 2 heterocycles. The van der Waals surface area contributed by atoms with Gasteiger partial charge in [0, 0.05) is 55.1 Å². The van der Waals surface area contributed by atoms with Gasteiger partial charge in [-0.25, -0.2) is 4.98 Å². The minimum absolute atomic E-state index is 0.0549. The number of aromatic nitrogens is 2. The summed E-state index contributed by atoms with van der Waals surface area (Å²) >= 11 is 0. The molecule has 0 saturated carbocycles. The fourth-order valence-corrected chi connectivity index (χ4v) is 5.20. The number of benzene rings is 2. The van der Waals surface area contributed by atoms with Crippen LogP contribution >= 0.6 is 0 Å². The average Bonchev–Trinajstić information content (AvgIpc) is 3.05. The summed E-state index contributed by atoms with van der Waals surface area (Å²) in [5.41, 5.74) is 12.5. The standard InChI is InChI=1S/C22H25N3O4.C13H22N2.C3H8/c1-2-3-11-25-21-18(9-5-10-23-21)19(20(22(25)28)24-15-27)16-7-4-8-17(14-16)29-13-6-12-26;1-8(2)11-6-10(14)7-12(9(3)4)13(11)15-5;1-3-2/h4-5,7-10,14-15,26H,2-3,6,11-13H2,1H3,(H,24,27);6-9,15H,14H2,1-5H3;3H2,1-2H3. The van der Waals surface area contributed by atoms with E-state index in [9.17, 15) is 9.59 Å². The van der Waals surface area contributed by atoms with E-state index in [-0.39, 0.29) is 17.9 Å². The van der Waals surface area contributed by atoms with Crippen LogP contribution in [-0.4, -0.2) is 41.3 Å². The third-order valence-electron chi connectivity index (χ3n) is 7.37. The number of aryl methyl sites for hydroxylation is 1. The van der Waals surface area contributed by atoms with Gasteiger partial charge < -0.3 is 26.2 Å². The second kappa shape index (κ2) is 20.0. The smallest absolute Gasteiger partial charge is 0.276 e. The molecule has 0 aliphatic heterocycles. The Labute approximate surface area is 280 Å². The number of nitrogens with one attached hydrogen (secondary N) is 2. The molecule has 0 aliphatic rings. The number of unbranched alkanes of at least 4 members (excludes halogenated alkanes) is 1. The van der Waals surface area contributed by atoms with E-state index < -0.39 is 0 Å². The Hall–Kier alpha value is -4.37. The van der Waals surface area contributed by atoms with Gasteiger partial charge in [-0.2, -0.15) is 0 Å². The molecular formula is C38H55N5O4. The van der Waals surface area contributed by atoms with Crippen LogP contribution in [0.4, 0.5) is 17.1 Å². The second-order valence-corrected chi connectivity index (χ2v) is 12.0. The Balaban J connectivity index is 0.000000358. The molecule has 47 heavy (non-hydrogen) atoms. The lowest BCUT2D eigenvalue weighted by molar-refractivity contribution is -0.105. The van der Waals surface area contributed by atoms with Crippen LogP contribution in [0.15, 0.2) is 59.5 Å². The number of pyridine rings is 2. The Morgan fingerprint density at radius 3 is 2.19 bits per heavy atom. The van der Waals surface area contributed by atoms with Gasteiger partial charge in [-0.15, -0.1) is 0 Å². The number of anilines is 3. The molecule has 256 valence electrons. The molecular weight excluding hydrogens is 590 g/mol. The van der Waals surface area contributed by atoms with Crippen molar-refractivity contribution in [1.29, 1.82) is 0 Å². The first-order chi connectivity index (χ1) is 22.6. The molecule has 0 fully saturated rings. The number of hydrogen-bond acceptors (Lipinski definition) is 7. The third kappa shape index (κ3) is 10.6. The van der Waals surface area contributed by atoms with Crippen molar-refractivity contribution in [2.24, 2.45) is 0 Å². The van der Waals surface area contributed by atoms with Gasteiger partial charge in [0.1, 0.15) is 17.1 Å². The normalized spacial score (nSPS) is 10.6. The zero-order valence-corrected chi connectivity index (χ0v) is 29.5. The number of fused-ring (bicyclic) bond motifs is 1. The molecule has 9 nitrogen and oxygen atoms in total. The van der Waals surface area contributed by atoms with Gasteiger partial charge in [-0.05, 0) is 71.3 Å². The maximum absolute atomic E-state index is 13.2. The fraction of sp³-hybridized carbons (Fsp3) is 0.447. The molecule has 0 saturated heterocycles. The number of rotatable bonds is 13. The monoisotopic (exact) mass is 645 g/mol. The van der Waals surface area contributed by atoms with Crippen molar-refractivity contribution in [2.45, 2.75) is 92.5 Å². The number of nitrogens with zero attached hydrogens (tertiary/aromatic N) is 2. The van der Waals surface area contributed by atoms with Crippen LogP contribution in [0.3, 0.4) is 0 Å². The second-order valence-electron chi connectivity index (χ2n) is 12.0. The van der Waals surface area contributed by atoms with Crippen molar-refractivity contribution in [1.82, 2.24) is 9.55 Å². The predicted molar refractivity (Wildman–Crippen MR) is 198 cm³/mol. The van der Waals surface area contributed by atoms with Crippen molar-refractivity contribution in [3.63, 3.8) is 0 Å². The van der Waals surface area contributed by atoms with E-state index in [0.717, 1.165) is 29.5 Å². The molecule has 0 spiro atoms. The van der Waals surface area contributed by atoms with Crippen LogP contribution in [-0.2, 0) is 11.3 Å². The lowest BCUT2D eigenvalue weighted by Crippen LogP contribution is -2.25. The largest absolute Gasteiger partial charge is 0.493 e. The first-order valence-corrected chi connectivity index (χ1v) is 16.8.